The van der Waals surface area contributed by atoms with Gasteiger partial charge in [-0.1, -0.05) is 25.7 Å². The Bertz CT molecular complexity index is 384. The SMILES string of the molecule is N#CC1(C(=O)NCC(C2CC2)C2CC2)CCCCCC1. The van der Waals surface area contributed by atoms with Crippen LogP contribution in [0, 0.1) is 34.5 Å². The first-order valence-electron chi connectivity index (χ1n) is 8.45. The average Bonchev–Trinajstić information content (AvgIpc) is 3.33. The third-order valence-electron chi connectivity index (χ3n) is 5.56. The minimum atomic E-state index is -0.728. The molecule has 0 aromatic heterocycles. The number of nitrogens with one attached hydrogen (secondary N) is 1. The van der Waals surface area contributed by atoms with E-state index in [2.05, 4.69) is 11.4 Å². The number of nitrogens with zero attached hydrogens (tertiary/aromatic N) is 1. The highest BCUT2D eigenvalue weighted by Gasteiger charge is 2.43. The maximum Gasteiger partial charge on any atom is 0.240 e. The molecule has 3 saturated carbocycles. The van der Waals surface area contributed by atoms with Gasteiger partial charge in [0.05, 0.1) is 6.07 Å². The van der Waals surface area contributed by atoms with Gasteiger partial charge >= 0.3 is 0 Å². The first kappa shape index (κ1) is 13.9. The van der Waals surface area contributed by atoms with Crippen molar-refractivity contribution < 1.29 is 4.79 Å². The molecule has 3 heteroatoms. The van der Waals surface area contributed by atoms with Gasteiger partial charge in [0.2, 0.25) is 5.91 Å². The van der Waals surface area contributed by atoms with Crippen LogP contribution in [0.2, 0.25) is 0 Å². The van der Waals surface area contributed by atoms with Crippen LogP contribution in [0.15, 0.2) is 0 Å². The molecule has 1 N–H and O–H groups in total. The van der Waals surface area contributed by atoms with Gasteiger partial charge in [0, 0.05) is 6.54 Å². The van der Waals surface area contributed by atoms with Crippen LogP contribution in [0.3, 0.4) is 0 Å². The Morgan fingerprint density at radius 1 is 1.10 bits per heavy atom. The summed E-state index contributed by atoms with van der Waals surface area (Å²) in [7, 11) is 0. The average molecular weight is 274 g/mol. The summed E-state index contributed by atoms with van der Waals surface area (Å²) in [6, 6.07) is 2.36. The number of hydrogen-bond acceptors (Lipinski definition) is 2. The predicted octanol–water partition coefficient (Wildman–Crippen LogP) is 3.40. The van der Waals surface area contributed by atoms with Gasteiger partial charge in [0.15, 0.2) is 0 Å². The fraction of sp³-hybridized carbons (Fsp3) is 0.882. The molecule has 3 rings (SSSR count). The molecule has 0 spiro atoms. The Labute approximate surface area is 122 Å². The zero-order chi connectivity index (χ0) is 14.0. The molecule has 0 heterocycles. The van der Waals surface area contributed by atoms with Gasteiger partial charge in [-0.3, -0.25) is 4.79 Å². The summed E-state index contributed by atoms with van der Waals surface area (Å²) in [6.45, 7) is 0.817. The minimum absolute atomic E-state index is 0.0215. The number of hydrogen-bond donors (Lipinski definition) is 1. The van der Waals surface area contributed by atoms with Crippen molar-refractivity contribution in [2.75, 3.05) is 6.54 Å². The van der Waals surface area contributed by atoms with Gasteiger partial charge in [-0.05, 0) is 56.3 Å². The van der Waals surface area contributed by atoms with Gasteiger partial charge in [-0.2, -0.15) is 5.26 Å². The van der Waals surface area contributed by atoms with Crippen molar-refractivity contribution in [1.29, 1.82) is 5.26 Å². The standard InChI is InChI=1S/C17H26N2O/c18-12-17(9-3-1-2-4-10-17)16(20)19-11-15(13-5-6-13)14-7-8-14/h13-15H,1-11H2,(H,19,20). The molecule has 0 unspecified atom stereocenters. The number of nitriles is 1. The molecule has 0 saturated heterocycles. The van der Waals surface area contributed by atoms with E-state index in [1.54, 1.807) is 0 Å². The molecular weight excluding hydrogens is 248 g/mol. The van der Waals surface area contributed by atoms with Crippen LogP contribution in [-0.2, 0) is 4.79 Å². The Balaban J connectivity index is 1.57. The van der Waals surface area contributed by atoms with E-state index in [1.165, 1.54) is 38.5 Å². The smallest absolute Gasteiger partial charge is 0.240 e. The quantitative estimate of drug-likeness (QED) is 0.781. The van der Waals surface area contributed by atoms with Gasteiger partial charge in [-0.15, -0.1) is 0 Å². The third-order valence-corrected chi connectivity index (χ3v) is 5.56. The molecule has 1 amide bonds. The van der Waals surface area contributed by atoms with Crippen LogP contribution in [0.1, 0.15) is 64.2 Å². The minimum Gasteiger partial charge on any atom is -0.354 e. The lowest BCUT2D eigenvalue weighted by Crippen LogP contribution is -2.42. The molecule has 3 aliphatic rings. The van der Waals surface area contributed by atoms with Crippen molar-refractivity contribution in [1.82, 2.24) is 5.32 Å². The molecule has 0 bridgehead atoms. The summed E-state index contributed by atoms with van der Waals surface area (Å²) >= 11 is 0. The van der Waals surface area contributed by atoms with Crippen molar-refractivity contribution in [3.8, 4) is 6.07 Å². The highest BCUT2D eigenvalue weighted by molar-refractivity contribution is 5.85. The van der Waals surface area contributed by atoms with Gasteiger partial charge in [-0.25, -0.2) is 0 Å². The zero-order valence-corrected chi connectivity index (χ0v) is 12.4. The Kier molecular flexibility index (Phi) is 4.01. The number of carbonyl (C=O) groups is 1. The molecule has 0 aromatic carbocycles. The van der Waals surface area contributed by atoms with Crippen LogP contribution in [-0.4, -0.2) is 12.5 Å². The van der Waals surface area contributed by atoms with Gasteiger partial charge < -0.3 is 5.32 Å². The molecule has 110 valence electrons. The van der Waals surface area contributed by atoms with Crippen molar-refractivity contribution in [3.63, 3.8) is 0 Å². The molecule has 0 aliphatic heterocycles. The summed E-state index contributed by atoms with van der Waals surface area (Å²) in [4.78, 5) is 12.6. The molecule has 20 heavy (non-hydrogen) atoms. The van der Waals surface area contributed by atoms with E-state index < -0.39 is 5.41 Å². The van der Waals surface area contributed by atoms with Crippen molar-refractivity contribution >= 4 is 5.91 Å². The maximum absolute atomic E-state index is 12.6. The lowest BCUT2D eigenvalue weighted by Gasteiger charge is -2.25. The summed E-state index contributed by atoms with van der Waals surface area (Å²) in [5, 5.41) is 12.7. The van der Waals surface area contributed by atoms with E-state index in [-0.39, 0.29) is 5.91 Å². The molecule has 3 nitrogen and oxygen atoms in total. The molecule has 3 aliphatic carbocycles. The topological polar surface area (TPSA) is 52.9 Å². The van der Waals surface area contributed by atoms with Crippen LogP contribution < -0.4 is 5.32 Å². The monoisotopic (exact) mass is 274 g/mol. The Morgan fingerprint density at radius 3 is 2.10 bits per heavy atom. The predicted molar refractivity (Wildman–Crippen MR) is 77.7 cm³/mol. The van der Waals surface area contributed by atoms with E-state index >= 15 is 0 Å². The van der Waals surface area contributed by atoms with Crippen molar-refractivity contribution in [2.24, 2.45) is 23.2 Å². The summed E-state index contributed by atoms with van der Waals surface area (Å²) < 4.78 is 0. The molecule has 0 aromatic rings. The Morgan fingerprint density at radius 2 is 1.65 bits per heavy atom. The second-order valence-electron chi connectivity index (χ2n) is 7.16. The number of carbonyl (C=O) groups excluding carboxylic acids is 1. The fourth-order valence-electron chi connectivity index (χ4n) is 3.87. The first-order valence-corrected chi connectivity index (χ1v) is 8.45. The number of amides is 1. The Hall–Kier alpha value is -1.04. The van der Waals surface area contributed by atoms with E-state index in [0.717, 1.165) is 44.1 Å². The molecule has 0 atom stereocenters. The largest absolute Gasteiger partial charge is 0.354 e. The van der Waals surface area contributed by atoms with Crippen LogP contribution in [0.4, 0.5) is 0 Å². The number of rotatable bonds is 5. The summed E-state index contributed by atoms with van der Waals surface area (Å²) in [6.07, 6.45) is 11.3. The highest BCUT2D eigenvalue weighted by atomic mass is 16.2. The highest BCUT2D eigenvalue weighted by Crippen LogP contribution is 2.49. The van der Waals surface area contributed by atoms with Gasteiger partial charge in [0.25, 0.3) is 0 Å². The fourth-order valence-corrected chi connectivity index (χ4v) is 3.87. The van der Waals surface area contributed by atoms with E-state index in [9.17, 15) is 10.1 Å². The van der Waals surface area contributed by atoms with E-state index in [4.69, 9.17) is 0 Å². The molecular formula is C17H26N2O. The lowest BCUT2D eigenvalue weighted by atomic mass is 9.80. The third kappa shape index (κ3) is 3.00. The molecule has 3 fully saturated rings. The van der Waals surface area contributed by atoms with Crippen LogP contribution in [0.5, 0.6) is 0 Å². The lowest BCUT2D eigenvalue weighted by molar-refractivity contribution is -0.129. The normalized spacial score (nSPS) is 25.8. The first-order chi connectivity index (χ1) is 9.75. The van der Waals surface area contributed by atoms with E-state index in [0.29, 0.717) is 5.92 Å². The second kappa shape index (κ2) is 5.76. The second-order valence-corrected chi connectivity index (χ2v) is 7.16. The zero-order valence-electron chi connectivity index (χ0n) is 12.4. The van der Waals surface area contributed by atoms with Crippen LogP contribution in [0.25, 0.3) is 0 Å². The summed E-state index contributed by atoms with van der Waals surface area (Å²) in [5.41, 5.74) is -0.728. The van der Waals surface area contributed by atoms with Crippen molar-refractivity contribution in [3.05, 3.63) is 0 Å². The van der Waals surface area contributed by atoms with Crippen LogP contribution >= 0.6 is 0 Å². The summed E-state index contributed by atoms with van der Waals surface area (Å²) in [5.74, 6) is 2.43. The van der Waals surface area contributed by atoms with Gasteiger partial charge in [0.1, 0.15) is 5.41 Å². The van der Waals surface area contributed by atoms with Crippen molar-refractivity contribution in [2.45, 2.75) is 64.2 Å². The maximum atomic E-state index is 12.6. The molecule has 0 radical (unpaired) electrons. The van der Waals surface area contributed by atoms with E-state index in [1.807, 2.05) is 0 Å².